The van der Waals surface area contributed by atoms with Gasteiger partial charge in [-0.25, -0.2) is 4.79 Å². The molecule has 15 heavy (non-hydrogen) atoms. The number of carbonyl (C=O) groups is 1. The summed E-state index contributed by atoms with van der Waals surface area (Å²) in [5.74, 6) is 0. The molecule has 0 heterocycles. The van der Waals surface area contributed by atoms with Gasteiger partial charge in [0.05, 0.1) is 5.69 Å². The average Bonchev–Trinajstić information content (AvgIpc) is 2.25. The topological polar surface area (TPSA) is 40.5 Å². The van der Waals surface area contributed by atoms with Crippen molar-refractivity contribution in [2.24, 2.45) is 0 Å². The van der Waals surface area contributed by atoms with Gasteiger partial charge in [0.15, 0.2) is 0 Å². The van der Waals surface area contributed by atoms with E-state index in [1.165, 1.54) is 4.90 Å². The van der Waals surface area contributed by atoms with Crippen molar-refractivity contribution in [2.45, 2.75) is 13.3 Å². The number of para-hydroxylation sites is 1. The number of carboxylic acid groups (broad SMARTS) is 1. The zero-order valence-corrected chi connectivity index (χ0v) is 8.97. The van der Waals surface area contributed by atoms with Gasteiger partial charge in [-0.3, -0.25) is 4.90 Å². The Morgan fingerprint density at radius 1 is 1.47 bits per heavy atom. The van der Waals surface area contributed by atoms with Crippen molar-refractivity contribution >= 4 is 17.9 Å². The molecule has 1 aromatic carbocycles. The Hall–Kier alpha value is -1.77. The second-order valence-electron chi connectivity index (χ2n) is 3.21. The smallest absolute Gasteiger partial charge is 0.411 e. The Morgan fingerprint density at radius 2 is 2.13 bits per heavy atom. The first-order chi connectivity index (χ1) is 7.16. The summed E-state index contributed by atoms with van der Waals surface area (Å²) >= 11 is 0. The Labute approximate surface area is 89.6 Å². The van der Waals surface area contributed by atoms with Crippen LogP contribution in [0, 0.1) is 0 Å². The molecule has 3 nitrogen and oxygen atoms in total. The van der Waals surface area contributed by atoms with Crippen LogP contribution in [0.1, 0.15) is 18.9 Å². The molecule has 0 bridgehead atoms. The second-order valence-corrected chi connectivity index (χ2v) is 3.21. The molecule has 0 spiro atoms. The molecular weight excluding hydrogens is 190 g/mol. The third kappa shape index (κ3) is 2.84. The maximum Gasteiger partial charge on any atom is 0.411 e. The predicted octanol–water partition coefficient (Wildman–Crippen LogP) is 3.22. The van der Waals surface area contributed by atoms with Crippen molar-refractivity contribution in [3.63, 3.8) is 0 Å². The van der Waals surface area contributed by atoms with Crippen LogP contribution in [0.3, 0.4) is 0 Å². The molecule has 0 fully saturated rings. The summed E-state index contributed by atoms with van der Waals surface area (Å²) in [5.41, 5.74) is 1.62. The van der Waals surface area contributed by atoms with Crippen LogP contribution in [0.2, 0.25) is 0 Å². The zero-order chi connectivity index (χ0) is 11.3. The highest BCUT2D eigenvalue weighted by Crippen LogP contribution is 2.20. The highest BCUT2D eigenvalue weighted by atomic mass is 16.4. The fourth-order valence-corrected chi connectivity index (χ4v) is 1.28. The summed E-state index contributed by atoms with van der Waals surface area (Å²) in [6.45, 7) is 2.04. The van der Waals surface area contributed by atoms with Crippen molar-refractivity contribution in [3.05, 3.63) is 35.9 Å². The van der Waals surface area contributed by atoms with Gasteiger partial charge >= 0.3 is 6.09 Å². The van der Waals surface area contributed by atoms with Crippen molar-refractivity contribution in [3.8, 4) is 0 Å². The second kappa shape index (κ2) is 5.20. The largest absolute Gasteiger partial charge is 0.465 e. The SMILES string of the molecule is CCC=Cc1ccccc1N(C)C(=O)O. The van der Waals surface area contributed by atoms with Crippen molar-refractivity contribution in [2.75, 3.05) is 11.9 Å². The standard InChI is InChI=1S/C12H15NO2/c1-3-4-7-10-8-5-6-9-11(10)13(2)12(14)15/h4-9H,3H2,1-2H3,(H,14,15). The van der Waals surface area contributed by atoms with Gasteiger partial charge in [-0.05, 0) is 18.1 Å². The summed E-state index contributed by atoms with van der Waals surface area (Å²) in [7, 11) is 1.54. The zero-order valence-electron chi connectivity index (χ0n) is 8.97. The van der Waals surface area contributed by atoms with Gasteiger partial charge in [-0.1, -0.05) is 37.3 Å². The molecule has 0 aliphatic rings. The molecule has 0 aromatic heterocycles. The van der Waals surface area contributed by atoms with Gasteiger partial charge in [0.1, 0.15) is 0 Å². The number of allylic oxidation sites excluding steroid dienone is 1. The highest BCUT2D eigenvalue weighted by Gasteiger charge is 2.10. The van der Waals surface area contributed by atoms with Crippen LogP contribution in [0.15, 0.2) is 30.3 Å². The van der Waals surface area contributed by atoms with Crippen LogP contribution < -0.4 is 4.90 Å². The van der Waals surface area contributed by atoms with E-state index in [-0.39, 0.29) is 0 Å². The number of benzene rings is 1. The molecule has 0 saturated heterocycles. The quantitative estimate of drug-likeness (QED) is 0.823. The maximum absolute atomic E-state index is 10.8. The van der Waals surface area contributed by atoms with Gasteiger partial charge in [-0.2, -0.15) is 0 Å². The molecule has 1 aromatic rings. The number of anilines is 1. The monoisotopic (exact) mass is 205 g/mol. The molecule has 0 radical (unpaired) electrons. The van der Waals surface area contributed by atoms with Gasteiger partial charge in [-0.15, -0.1) is 0 Å². The average molecular weight is 205 g/mol. The van der Waals surface area contributed by atoms with Crippen LogP contribution in [-0.4, -0.2) is 18.2 Å². The van der Waals surface area contributed by atoms with Crippen LogP contribution in [0.25, 0.3) is 6.08 Å². The first-order valence-corrected chi connectivity index (χ1v) is 4.89. The first kappa shape index (κ1) is 11.3. The minimum Gasteiger partial charge on any atom is -0.465 e. The summed E-state index contributed by atoms with van der Waals surface area (Å²) in [4.78, 5) is 12.0. The number of rotatable bonds is 3. The third-order valence-electron chi connectivity index (χ3n) is 2.12. The predicted molar refractivity (Wildman–Crippen MR) is 62.2 cm³/mol. The van der Waals surface area contributed by atoms with Crippen LogP contribution >= 0.6 is 0 Å². The summed E-state index contributed by atoms with van der Waals surface area (Å²) in [5, 5.41) is 8.89. The van der Waals surface area contributed by atoms with Gasteiger partial charge in [0.25, 0.3) is 0 Å². The lowest BCUT2D eigenvalue weighted by atomic mass is 10.1. The van der Waals surface area contributed by atoms with Crippen molar-refractivity contribution in [1.29, 1.82) is 0 Å². The number of nitrogens with zero attached hydrogens (tertiary/aromatic N) is 1. The van der Waals surface area contributed by atoms with E-state index in [1.807, 2.05) is 37.3 Å². The van der Waals surface area contributed by atoms with E-state index in [1.54, 1.807) is 13.1 Å². The third-order valence-corrected chi connectivity index (χ3v) is 2.12. The molecule has 80 valence electrons. The minimum atomic E-state index is -0.952. The number of hydrogen-bond acceptors (Lipinski definition) is 1. The Morgan fingerprint density at radius 3 is 2.73 bits per heavy atom. The number of amides is 1. The molecule has 1 rings (SSSR count). The molecule has 0 saturated carbocycles. The molecule has 1 N–H and O–H groups in total. The Bertz CT molecular complexity index is 372. The lowest BCUT2D eigenvalue weighted by molar-refractivity contribution is 0.203. The normalized spacial score (nSPS) is 10.5. The molecule has 0 unspecified atom stereocenters. The van der Waals surface area contributed by atoms with E-state index in [0.29, 0.717) is 5.69 Å². The Balaban J connectivity index is 3.06. The first-order valence-electron chi connectivity index (χ1n) is 4.89. The molecule has 0 aliphatic carbocycles. The molecule has 0 aliphatic heterocycles. The number of hydrogen-bond donors (Lipinski definition) is 1. The van der Waals surface area contributed by atoms with E-state index in [0.717, 1.165) is 12.0 Å². The van der Waals surface area contributed by atoms with Gasteiger partial charge in [0.2, 0.25) is 0 Å². The Kier molecular flexibility index (Phi) is 3.92. The van der Waals surface area contributed by atoms with Crippen LogP contribution in [0.4, 0.5) is 10.5 Å². The summed E-state index contributed by atoms with van der Waals surface area (Å²) in [6.07, 6.45) is 3.93. The molecule has 1 amide bonds. The fourth-order valence-electron chi connectivity index (χ4n) is 1.28. The van der Waals surface area contributed by atoms with Crippen LogP contribution in [-0.2, 0) is 0 Å². The highest BCUT2D eigenvalue weighted by molar-refractivity contribution is 5.88. The lowest BCUT2D eigenvalue weighted by Crippen LogP contribution is -2.24. The van der Waals surface area contributed by atoms with E-state index in [2.05, 4.69) is 0 Å². The summed E-state index contributed by atoms with van der Waals surface area (Å²) < 4.78 is 0. The van der Waals surface area contributed by atoms with E-state index in [4.69, 9.17) is 5.11 Å². The van der Waals surface area contributed by atoms with Gasteiger partial charge < -0.3 is 5.11 Å². The molecule has 3 heteroatoms. The maximum atomic E-state index is 10.8. The van der Waals surface area contributed by atoms with E-state index < -0.39 is 6.09 Å². The lowest BCUT2D eigenvalue weighted by Gasteiger charge is -2.15. The minimum absolute atomic E-state index is 0.703. The van der Waals surface area contributed by atoms with Crippen LogP contribution in [0.5, 0.6) is 0 Å². The van der Waals surface area contributed by atoms with Gasteiger partial charge in [0, 0.05) is 7.05 Å². The van der Waals surface area contributed by atoms with Crippen molar-refractivity contribution < 1.29 is 9.90 Å². The van der Waals surface area contributed by atoms with E-state index >= 15 is 0 Å². The summed E-state index contributed by atoms with van der Waals surface area (Å²) in [6, 6.07) is 7.43. The molecule has 0 atom stereocenters. The van der Waals surface area contributed by atoms with E-state index in [9.17, 15) is 4.79 Å². The van der Waals surface area contributed by atoms with Crippen molar-refractivity contribution in [1.82, 2.24) is 0 Å². The molecular formula is C12H15NO2. The fraction of sp³-hybridized carbons (Fsp3) is 0.250.